The largest absolute Gasteiger partial charge is 0.812 e. The first-order valence-corrected chi connectivity index (χ1v) is 5.86. The van der Waals surface area contributed by atoms with Crippen LogP contribution in [0.15, 0.2) is 0 Å². The van der Waals surface area contributed by atoms with E-state index in [2.05, 4.69) is 16.3 Å². The molecule has 0 saturated carbocycles. The molecular formula is C5H9O5PS-2. The van der Waals surface area contributed by atoms with Crippen LogP contribution in [-0.2, 0) is 21.1 Å². The summed E-state index contributed by atoms with van der Waals surface area (Å²) in [6.07, 6.45) is -1.47. The molecule has 0 bridgehead atoms. The minimum atomic E-state index is -4.18. The van der Waals surface area contributed by atoms with Crippen molar-refractivity contribution < 1.29 is 25.5 Å². The average molecular weight is 214 g/mol. The first-order valence-electron chi connectivity index (χ1n) is 3.88. The quantitative estimate of drug-likeness (QED) is 0.552. The third kappa shape index (κ3) is 3.45. The molecule has 3 atom stereocenters. The Morgan fingerprint density at radius 3 is 2.92 bits per heavy atom. The van der Waals surface area contributed by atoms with Crippen molar-refractivity contribution in [2.24, 2.45) is 0 Å². The van der Waals surface area contributed by atoms with Crippen LogP contribution in [0.2, 0.25) is 0 Å². The smallest absolute Gasteiger partial charge is 0.107 e. The third-order valence-corrected chi connectivity index (χ3v) is 2.22. The molecule has 1 aliphatic heterocycles. The summed E-state index contributed by atoms with van der Waals surface area (Å²) < 4.78 is 16.2. The minimum Gasteiger partial charge on any atom is -0.812 e. The van der Waals surface area contributed by atoms with Gasteiger partial charge in [-0.1, -0.05) is 6.72 Å². The molecule has 0 aromatic rings. The molecule has 1 fully saturated rings. The second kappa shape index (κ2) is 4.11. The van der Waals surface area contributed by atoms with Crippen LogP contribution in [0.1, 0.15) is 7.79 Å². The molecule has 0 radical (unpaired) electrons. The highest BCUT2D eigenvalue weighted by atomic mass is 32.5. The number of aliphatic hydroxyl groups is 1. The van der Waals surface area contributed by atoms with Crippen LogP contribution >= 0.6 is 6.72 Å². The molecule has 1 saturated heterocycles. The molecule has 0 aromatic carbocycles. The molecule has 7 heteroatoms. The first-order chi connectivity index (χ1) is 5.88. The van der Waals surface area contributed by atoms with Gasteiger partial charge in [0.2, 0.25) is 0 Å². The van der Waals surface area contributed by atoms with Crippen LogP contribution in [0, 0.1) is 0 Å². The summed E-state index contributed by atoms with van der Waals surface area (Å²) in [7, 11) is 0. The highest BCUT2D eigenvalue weighted by molar-refractivity contribution is 8.05. The molecule has 1 N–H and O–H groups in total. The molecule has 0 aromatic heterocycles. The zero-order chi connectivity index (χ0) is 10.1. The van der Waals surface area contributed by atoms with Gasteiger partial charge >= 0.3 is 0 Å². The Morgan fingerprint density at radius 2 is 2.50 bits per heavy atom. The third-order valence-electron chi connectivity index (χ3n) is 1.43. The van der Waals surface area contributed by atoms with Gasteiger partial charge in [-0.05, 0) is 6.42 Å². The van der Waals surface area contributed by atoms with E-state index in [4.69, 9.17) is 6.11 Å². The van der Waals surface area contributed by atoms with Crippen LogP contribution < -0.4 is 9.79 Å². The monoisotopic (exact) mass is 214 g/mol. The van der Waals surface area contributed by atoms with Crippen molar-refractivity contribution in [3.63, 3.8) is 0 Å². The predicted molar refractivity (Wildman–Crippen MR) is 40.6 cm³/mol. The number of rotatable bonds is 3. The van der Waals surface area contributed by atoms with Gasteiger partial charge in [-0.25, -0.2) is 0 Å². The van der Waals surface area contributed by atoms with E-state index in [1.54, 1.807) is 0 Å². The lowest BCUT2D eigenvalue weighted by Gasteiger charge is -2.35. The Kier molecular flexibility index (Phi) is 3.09. The fraction of sp³-hybridized carbons (Fsp3) is 1.00. The highest BCUT2D eigenvalue weighted by Gasteiger charge is 2.25. The van der Waals surface area contributed by atoms with E-state index in [1.807, 2.05) is 0 Å². The highest BCUT2D eigenvalue weighted by Crippen LogP contribution is 2.27. The Bertz CT molecular complexity index is 221. The maximum Gasteiger partial charge on any atom is 0.107 e. The average Bonchev–Trinajstić information content (AvgIpc) is 2.24. The van der Waals surface area contributed by atoms with E-state index in [0.29, 0.717) is 0 Å². The van der Waals surface area contributed by atoms with Crippen LogP contribution in [0.25, 0.3) is 0 Å². The molecule has 0 spiro atoms. The Hall–Kier alpha value is 0.450. The Balaban J connectivity index is 2.34. The van der Waals surface area contributed by atoms with E-state index >= 15 is 0 Å². The van der Waals surface area contributed by atoms with E-state index in [-0.39, 0.29) is 13.0 Å². The fourth-order valence-electron chi connectivity index (χ4n) is 0.835. The molecule has 12 heavy (non-hydrogen) atoms. The van der Waals surface area contributed by atoms with Gasteiger partial charge in [-0.15, -0.1) is 11.8 Å². The molecule has 5 nitrogen and oxygen atoms in total. The van der Waals surface area contributed by atoms with Gasteiger partial charge in [0.15, 0.2) is 0 Å². The van der Waals surface area contributed by atoms with Crippen molar-refractivity contribution in [3.05, 3.63) is 0 Å². The SMILES string of the molecule is [3H]C1C[C@H](O)[C@@H](COP([O-])([O-])=S)O1. The number of aliphatic hydroxyl groups excluding tert-OH is 1. The maximum absolute atomic E-state index is 10.4. The lowest BCUT2D eigenvalue weighted by atomic mass is 10.2. The van der Waals surface area contributed by atoms with Crippen LogP contribution in [-0.4, -0.2) is 30.5 Å². The molecule has 72 valence electrons. The van der Waals surface area contributed by atoms with Crippen molar-refractivity contribution in [2.75, 3.05) is 13.2 Å². The summed E-state index contributed by atoms with van der Waals surface area (Å²) in [6, 6.07) is 0. The standard InChI is InChI=1S/C5H11O5PS/c6-4-1-2-9-5(4)3-10-11(7,8)12/h4-6H,1-3H2,(H2,7,8,12)/p-2/t4-,5+/m0/s1/i2T/t2?,4-,5+. The van der Waals surface area contributed by atoms with Gasteiger partial charge in [0.25, 0.3) is 0 Å². The molecule has 1 aliphatic rings. The molecule has 0 amide bonds. The van der Waals surface area contributed by atoms with Crippen molar-refractivity contribution in [2.45, 2.75) is 18.6 Å². The Labute approximate surface area is 76.6 Å². The zero-order valence-corrected chi connectivity index (χ0v) is 7.79. The van der Waals surface area contributed by atoms with Gasteiger partial charge in [0.1, 0.15) is 6.10 Å². The second-order valence-corrected chi connectivity index (χ2v) is 4.88. The van der Waals surface area contributed by atoms with Crippen molar-refractivity contribution >= 4 is 18.5 Å². The van der Waals surface area contributed by atoms with Gasteiger partial charge < -0.3 is 24.2 Å². The van der Waals surface area contributed by atoms with Gasteiger partial charge in [-0.2, -0.15) is 0 Å². The molecular weight excluding hydrogens is 203 g/mol. The predicted octanol–water partition coefficient (Wildman–Crippen LogP) is -1.90. The maximum atomic E-state index is 10.4. The summed E-state index contributed by atoms with van der Waals surface area (Å²) in [5.74, 6) is 0. The van der Waals surface area contributed by atoms with Crippen molar-refractivity contribution in [1.82, 2.24) is 0 Å². The topological polar surface area (TPSA) is 84.8 Å². The molecule has 1 unspecified atom stereocenters. The number of hydrogen-bond acceptors (Lipinski definition) is 6. The zero-order valence-electron chi connectivity index (χ0n) is 7.08. The Morgan fingerprint density at radius 1 is 1.83 bits per heavy atom. The summed E-state index contributed by atoms with van der Waals surface area (Å²) in [6.45, 7) is -5.32. The lowest BCUT2D eigenvalue weighted by Crippen LogP contribution is -2.28. The van der Waals surface area contributed by atoms with E-state index < -0.39 is 25.5 Å². The molecule has 0 aliphatic carbocycles. The summed E-state index contributed by atoms with van der Waals surface area (Å²) in [5, 5.41) is 9.21. The summed E-state index contributed by atoms with van der Waals surface area (Å²) in [5.41, 5.74) is 0. The fourth-order valence-corrected chi connectivity index (χ4v) is 1.35. The van der Waals surface area contributed by atoms with E-state index in [1.165, 1.54) is 0 Å². The van der Waals surface area contributed by atoms with E-state index in [9.17, 15) is 14.9 Å². The summed E-state index contributed by atoms with van der Waals surface area (Å²) in [4.78, 5) is 20.8. The second-order valence-electron chi connectivity index (χ2n) is 2.39. The van der Waals surface area contributed by atoms with Gasteiger partial charge in [-0.3, -0.25) is 0 Å². The van der Waals surface area contributed by atoms with Crippen molar-refractivity contribution in [1.29, 1.82) is 0 Å². The lowest BCUT2D eigenvalue weighted by molar-refractivity contribution is -0.322. The van der Waals surface area contributed by atoms with Crippen molar-refractivity contribution in [3.8, 4) is 0 Å². The van der Waals surface area contributed by atoms with E-state index in [0.717, 1.165) is 0 Å². The van der Waals surface area contributed by atoms with Crippen LogP contribution in [0.5, 0.6) is 0 Å². The first kappa shape index (κ1) is 9.02. The normalized spacial score (nSPS) is 38.2. The number of ether oxygens (including phenoxy) is 1. The minimum absolute atomic E-state index is 0.161. The van der Waals surface area contributed by atoms with Crippen LogP contribution in [0.4, 0.5) is 0 Å². The van der Waals surface area contributed by atoms with Gasteiger partial charge in [0, 0.05) is 6.58 Å². The molecule has 1 heterocycles. The number of hydrogen-bond donors (Lipinski definition) is 1. The van der Waals surface area contributed by atoms with Gasteiger partial charge in [0.05, 0.1) is 14.1 Å². The molecule has 1 rings (SSSR count). The summed E-state index contributed by atoms with van der Waals surface area (Å²) >= 11 is 3.98. The van der Waals surface area contributed by atoms with Crippen LogP contribution in [0.3, 0.4) is 0 Å².